The minimum absolute atomic E-state index is 0.466. The van der Waals surface area contributed by atoms with Gasteiger partial charge in [0.1, 0.15) is 13.7 Å². The quantitative estimate of drug-likeness (QED) is 0.374. The van der Waals surface area contributed by atoms with E-state index in [1.165, 1.54) is 26.2 Å². The standard InChI is InChI=1S/C27H29BN6S/c1-18-21-6-2-3-7-24(21)35-25(18)17-33-11-8-20(9-12-33)23-13-26(30-15-19-5-4-10-29-14-19)34-27(32-23)22(28)16-31-34/h2-7,10,13-14,16,20,30H,8-9,11-12,15,17,28H2,1H3. The Morgan fingerprint density at radius 1 is 1.11 bits per heavy atom. The van der Waals surface area contributed by atoms with Crippen LogP contribution < -0.4 is 10.8 Å². The minimum atomic E-state index is 0.466. The number of nitrogens with zero attached hydrogens (tertiary/aromatic N) is 5. The predicted molar refractivity (Wildman–Crippen MR) is 147 cm³/mol. The molecule has 0 unspecified atom stereocenters. The molecule has 6 nitrogen and oxygen atoms in total. The van der Waals surface area contributed by atoms with Gasteiger partial charge in [0.05, 0.1) is 0 Å². The zero-order valence-corrected chi connectivity index (χ0v) is 21.1. The van der Waals surface area contributed by atoms with Crippen molar-refractivity contribution in [3.05, 3.63) is 82.8 Å². The molecule has 1 fully saturated rings. The zero-order valence-electron chi connectivity index (χ0n) is 20.2. The van der Waals surface area contributed by atoms with Gasteiger partial charge in [-0.2, -0.15) is 9.61 Å². The van der Waals surface area contributed by atoms with E-state index in [0.717, 1.165) is 55.0 Å². The molecular weight excluding hydrogens is 451 g/mol. The highest BCUT2D eigenvalue weighted by molar-refractivity contribution is 7.19. The number of pyridine rings is 1. The summed E-state index contributed by atoms with van der Waals surface area (Å²) in [6.45, 7) is 6.22. The van der Waals surface area contributed by atoms with Crippen molar-refractivity contribution in [2.45, 2.75) is 38.8 Å². The molecule has 1 saturated heterocycles. The van der Waals surface area contributed by atoms with E-state index >= 15 is 0 Å². The molecule has 5 aromatic rings. The number of hydrogen-bond acceptors (Lipinski definition) is 6. The summed E-state index contributed by atoms with van der Waals surface area (Å²) in [5.74, 6) is 1.46. The van der Waals surface area contributed by atoms with Crippen molar-refractivity contribution < 1.29 is 0 Å². The van der Waals surface area contributed by atoms with Crippen LogP contribution in [-0.2, 0) is 13.1 Å². The van der Waals surface area contributed by atoms with Gasteiger partial charge in [-0.3, -0.25) is 9.88 Å². The Hall–Kier alpha value is -3.23. The second kappa shape index (κ2) is 9.43. The third kappa shape index (κ3) is 4.44. The molecule has 35 heavy (non-hydrogen) atoms. The summed E-state index contributed by atoms with van der Waals surface area (Å²) in [6, 6.07) is 15.0. The summed E-state index contributed by atoms with van der Waals surface area (Å²) in [4.78, 5) is 13.4. The SMILES string of the molecule is Bc1cnn2c(NCc3cccnc3)cc(C3CCN(Cc4sc5ccccc5c4C)CC3)nc12. The van der Waals surface area contributed by atoms with Crippen molar-refractivity contribution in [3.8, 4) is 0 Å². The summed E-state index contributed by atoms with van der Waals surface area (Å²) in [5, 5.41) is 9.54. The molecule has 8 heteroatoms. The Morgan fingerprint density at radius 2 is 1.97 bits per heavy atom. The highest BCUT2D eigenvalue weighted by Gasteiger charge is 2.24. The number of anilines is 1. The van der Waals surface area contributed by atoms with Gasteiger partial charge in [-0.25, -0.2) is 4.98 Å². The van der Waals surface area contributed by atoms with Crippen LogP contribution >= 0.6 is 11.3 Å². The van der Waals surface area contributed by atoms with Crippen LogP contribution in [0.3, 0.4) is 0 Å². The lowest BCUT2D eigenvalue weighted by molar-refractivity contribution is 0.204. The molecule has 6 rings (SSSR count). The predicted octanol–water partition coefficient (Wildman–Crippen LogP) is 3.90. The van der Waals surface area contributed by atoms with Crippen LogP contribution in [-0.4, -0.2) is 45.4 Å². The highest BCUT2D eigenvalue weighted by Crippen LogP contribution is 2.34. The van der Waals surface area contributed by atoms with E-state index in [2.05, 4.69) is 71.5 Å². The Morgan fingerprint density at radius 3 is 2.77 bits per heavy atom. The maximum Gasteiger partial charge on any atom is 0.151 e. The Balaban J connectivity index is 1.18. The topological polar surface area (TPSA) is 58.4 Å². The molecule has 176 valence electrons. The number of piperidine rings is 1. The first-order chi connectivity index (χ1) is 17.2. The molecule has 0 atom stereocenters. The van der Waals surface area contributed by atoms with Gasteiger partial charge in [0.25, 0.3) is 0 Å². The third-order valence-electron chi connectivity index (χ3n) is 7.18. The molecule has 0 spiro atoms. The second-order valence-electron chi connectivity index (χ2n) is 9.54. The van der Waals surface area contributed by atoms with Crippen LogP contribution in [0.1, 0.15) is 40.5 Å². The van der Waals surface area contributed by atoms with E-state index in [9.17, 15) is 0 Å². The fourth-order valence-electron chi connectivity index (χ4n) is 5.09. The largest absolute Gasteiger partial charge is 0.366 e. The number of fused-ring (bicyclic) bond motifs is 2. The van der Waals surface area contributed by atoms with Gasteiger partial charge in [-0.1, -0.05) is 24.3 Å². The van der Waals surface area contributed by atoms with Crippen molar-refractivity contribution in [2.24, 2.45) is 0 Å². The summed E-state index contributed by atoms with van der Waals surface area (Å²) in [6.07, 6.45) is 7.86. The van der Waals surface area contributed by atoms with Gasteiger partial charge in [-0.15, -0.1) is 11.3 Å². The lowest BCUT2D eigenvalue weighted by Crippen LogP contribution is -2.32. The molecule has 1 aliphatic rings. The van der Waals surface area contributed by atoms with Crippen LogP contribution in [0, 0.1) is 6.92 Å². The van der Waals surface area contributed by atoms with Crippen LogP contribution in [0.2, 0.25) is 0 Å². The molecule has 0 bridgehead atoms. The van der Waals surface area contributed by atoms with Crippen LogP contribution in [0.15, 0.2) is 61.1 Å². The van der Waals surface area contributed by atoms with Gasteiger partial charge in [0.15, 0.2) is 5.65 Å². The molecule has 1 N–H and O–H groups in total. The van der Waals surface area contributed by atoms with Crippen molar-refractivity contribution in [3.63, 3.8) is 0 Å². The maximum atomic E-state index is 5.06. The average molecular weight is 480 g/mol. The second-order valence-corrected chi connectivity index (χ2v) is 10.7. The number of likely N-dealkylation sites (tertiary alicyclic amines) is 1. The Bertz CT molecular complexity index is 1470. The van der Waals surface area contributed by atoms with Crippen molar-refractivity contribution in [2.75, 3.05) is 18.4 Å². The fourth-order valence-corrected chi connectivity index (χ4v) is 6.34. The number of hydrogen-bond donors (Lipinski definition) is 1. The van der Waals surface area contributed by atoms with Gasteiger partial charge in [0.2, 0.25) is 0 Å². The Labute approximate surface area is 210 Å². The summed E-state index contributed by atoms with van der Waals surface area (Å²) >= 11 is 1.95. The summed E-state index contributed by atoms with van der Waals surface area (Å²) in [7, 11) is 2.08. The van der Waals surface area contributed by atoms with Gasteiger partial charge in [-0.05, 0) is 67.0 Å². The first kappa shape index (κ1) is 22.3. The molecule has 1 aromatic carbocycles. The Kier molecular flexibility index (Phi) is 6.00. The van der Waals surface area contributed by atoms with Crippen LogP contribution in [0.4, 0.5) is 5.82 Å². The van der Waals surface area contributed by atoms with Gasteiger partial charge in [0, 0.05) is 58.9 Å². The minimum Gasteiger partial charge on any atom is -0.366 e. The zero-order chi connectivity index (χ0) is 23.8. The molecule has 0 amide bonds. The normalized spacial score (nSPS) is 15.2. The molecule has 0 saturated carbocycles. The maximum absolute atomic E-state index is 5.06. The van der Waals surface area contributed by atoms with E-state index in [4.69, 9.17) is 4.98 Å². The monoisotopic (exact) mass is 480 g/mol. The van der Waals surface area contributed by atoms with E-state index in [0.29, 0.717) is 12.5 Å². The van der Waals surface area contributed by atoms with E-state index < -0.39 is 0 Å². The fraction of sp³-hybridized carbons (Fsp3) is 0.296. The number of benzene rings is 1. The third-order valence-corrected chi connectivity index (χ3v) is 8.44. The first-order valence-electron chi connectivity index (χ1n) is 12.3. The number of aromatic nitrogens is 4. The lowest BCUT2D eigenvalue weighted by atomic mass is 9.92. The smallest absolute Gasteiger partial charge is 0.151 e. The lowest BCUT2D eigenvalue weighted by Gasteiger charge is -2.31. The number of rotatable bonds is 6. The molecule has 1 aliphatic heterocycles. The van der Waals surface area contributed by atoms with Crippen molar-refractivity contribution >= 4 is 46.2 Å². The number of thiophene rings is 1. The van der Waals surface area contributed by atoms with Gasteiger partial charge < -0.3 is 5.32 Å². The van der Waals surface area contributed by atoms with Crippen molar-refractivity contribution in [1.82, 2.24) is 24.5 Å². The molecular formula is C27H29BN6S. The number of aryl methyl sites for hydroxylation is 1. The molecule has 0 aliphatic carbocycles. The highest BCUT2D eigenvalue weighted by atomic mass is 32.1. The summed E-state index contributed by atoms with van der Waals surface area (Å²) < 4.78 is 3.32. The van der Waals surface area contributed by atoms with E-state index in [-0.39, 0.29) is 0 Å². The molecule has 4 aromatic heterocycles. The molecule has 5 heterocycles. The molecule has 0 radical (unpaired) electrons. The van der Waals surface area contributed by atoms with Crippen LogP contribution in [0.5, 0.6) is 0 Å². The summed E-state index contributed by atoms with van der Waals surface area (Å²) in [5.41, 5.74) is 5.81. The number of nitrogens with one attached hydrogen (secondary N) is 1. The van der Waals surface area contributed by atoms with E-state index in [1.54, 1.807) is 6.20 Å². The van der Waals surface area contributed by atoms with Crippen molar-refractivity contribution in [1.29, 1.82) is 0 Å². The first-order valence-corrected chi connectivity index (χ1v) is 13.1. The average Bonchev–Trinajstić information content (AvgIpc) is 3.43. The van der Waals surface area contributed by atoms with Gasteiger partial charge >= 0.3 is 0 Å². The van der Waals surface area contributed by atoms with Crippen LogP contribution in [0.25, 0.3) is 15.7 Å². The van der Waals surface area contributed by atoms with E-state index in [1.807, 2.05) is 34.3 Å².